The van der Waals surface area contributed by atoms with Crippen molar-refractivity contribution in [1.29, 1.82) is 0 Å². The second-order valence-corrected chi connectivity index (χ2v) is 11.8. The van der Waals surface area contributed by atoms with Crippen LogP contribution in [-0.2, 0) is 6.42 Å². The predicted molar refractivity (Wildman–Crippen MR) is 138 cm³/mol. The fraction of sp³-hybridized carbons (Fsp3) is 0.793. The average molecular weight is 492 g/mol. The van der Waals surface area contributed by atoms with Crippen molar-refractivity contribution in [3.8, 4) is 5.75 Å². The van der Waals surface area contributed by atoms with E-state index >= 15 is 0 Å². The van der Waals surface area contributed by atoms with Crippen LogP contribution in [0.4, 0.5) is 0 Å². The number of hydrogen-bond acceptors (Lipinski definition) is 1. The number of ether oxygens (including phenoxy) is 1. The van der Waals surface area contributed by atoms with Crippen LogP contribution in [0.15, 0.2) is 24.3 Å². The first-order valence-corrected chi connectivity index (χ1v) is 14.4. The van der Waals surface area contributed by atoms with Gasteiger partial charge in [-0.1, -0.05) is 106 Å². The predicted octanol–water partition coefficient (Wildman–Crippen LogP) is 9.36. The summed E-state index contributed by atoms with van der Waals surface area (Å²) in [5.74, 6) is 4.65. The Morgan fingerprint density at radius 3 is 2.03 bits per heavy atom. The van der Waals surface area contributed by atoms with Gasteiger partial charge in [0.25, 0.3) is 0 Å². The minimum absolute atomic E-state index is 0.620. The molecule has 0 aliphatic heterocycles. The van der Waals surface area contributed by atoms with Gasteiger partial charge in [-0.3, -0.25) is 0 Å². The summed E-state index contributed by atoms with van der Waals surface area (Å²) in [6, 6.07) is 8.97. The minimum atomic E-state index is 0.620. The lowest BCUT2D eigenvalue weighted by molar-refractivity contribution is 0.177. The molecule has 2 saturated carbocycles. The van der Waals surface area contributed by atoms with E-state index in [0.717, 1.165) is 42.4 Å². The van der Waals surface area contributed by atoms with Crippen LogP contribution in [-0.4, -0.2) is 11.4 Å². The van der Waals surface area contributed by atoms with E-state index in [1.807, 2.05) is 0 Å². The standard InChI is InChI=1S/C29H47BrO/c1-3-5-6-8-24-9-11-26(12-10-24)22-31-28-19-15-25(16-20-28)21-29(30)27-17-13-23(7-4-2)14-18-27/h15-16,19-20,23-24,26-27,29H,3-14,17-18,21-22H2,1-2H3. The van der Waals surface area contributed by atoms with Gasteiger partial charge in [-0.2, -0.15) is 0 Å². The van der Waals surface area contributed by atoms with Gasteiger partial charge in [0.15, 0.2) is 0 Å². The van der Waals surface area contributed by atoms with E-state index in [2.05, 4.69) is 54.0 Å². The molecule has 0 saturated heterocycles. The van der Waals surface area contributed by atoms with Crippen molar-refractivity contribution < 1.29 is 4.74 Å². The maximum absolute atomic E-state index is 6.18. The van der Waals surface area contributed by atoms with Crippen LogP contribution >= 0.6 is 15.9 Å². The summed E-state index contributed by atoms with van der Waals surface area (Å²) in [6.07, 6.45) is 20.8. The van der Waals surface area contributed by atoms with Crippen molar-refractivity contribution in [1.82, 2.24) is 0 Å². The lowest BCUT2D eigenvalue weighted by Gasteiger charge is -2.31. The van der Waals surface area contributed by atoms with Gasteiger partial charge in [-0.15, -0.1) is 0 Å². The molecule has 0 bridgehead atoms. The molecule has 0 heterocycles. The normalized spacial score (nSPS) is 27.7. The number of rotatable bonds is 12. The van der Waals surface area contributed by atoms with Gasteiger partial charge in [0.2, 0.25) is 0 Å². The minimum Gasteiger partial charge on any atom is -0.493 e. The SMILES string of the molecule is CCCCCC1CCC(COc2ccc(CC(Br)C3CCC(CCC)CC3)cc2)CC1. The Kier molecular flexibility index (Phi) is 11.3. The Bertz CT molecular complexity index is 581. The molecule has 31 heavy (non-hydrogen) atoms. The Hall–Kier alpha value is -0.500. The maximum Gasteiger partial charge on any atom is 0.119 e. The highest BCUT2D eigenvalue weighted by atomic mass is 79.9. The van der Waals surface area contributed by atoms with Crippen LogP contribution in [0.25, 0.3) is 0 Å². The zero-order chi connectivity index (χ0) is 21.9. The highest BCUT2D eigenvalue weighted by molar-refractivity contribution is 9.09. The first-order valence-electron chi connectivity index (χ1n) is 13.5. The van der Waals surface area contributed by atoms with Crippen LogP contribution in [0.3, 0.4) is 0 Å². The first-order chi connectivity index (χ1) is 15.2. The van der Waals surface area contributed by atoms with Gasteiger partial charge in [-0.25, -0.2) is 0 Å². The smallest absolute Gasteiger partial charge is 0.119 e. The molecule has 1 unspecified atom stereocenters. The molecule has 2 aliphatic carbocycles. The molecule has 2 fully saturated rings. The zero-order valence-electron chi connectivity index (χ0n) is 20.3. The maximum atomic E-state index is 6.18. The van der Waals surface area contributed by atoms with Gasteiger partial charge in [0, 0.05) is 4.83 Å². The molecule has 176 valence electrons. The van der Waals surface area contributed by atoms with Crippen LogP contribution < -0.4 is 4.74 Å². The Balaban J connectivity index is 1.33. The summed E-state index contributed by atoms with van der Waals surface area (Å²) >= 11 is 4.03. The topological polar surface area (TPSA) is 9.23 Å². The summed E-state index contributed by atoms with van der Waals surface area (Å²) in [7, 11) is 0. The van der Waals surface area contributed by atoms with E-state index in [1.54, 1.807) is 0 Å². The third-order valence-corrected chi connectivity index (χ3v) is 9.19. The summed E-state index contributed by atoms with van der Waals surface area (Å²) in [5.41, 5.74) is 1.44. The monoisotopic (exact) mass is 490 g/mol. The number of unbranched alkanes of at least 4 members (excludes halogenated alkanes) is 2. The molecule has 0 spiro atoms. The number of halogens is 1. The van der Waals surface area contributed by atoms with Crippen molar-refractivity contribution in [3.63, 3.8) is 0 Å². The number of hydrogen-bond donors (Lipinski definition) is 0. The number of benzene rings is 1. The van der Waals surface area contributed by atoms with Crippen molar-refractivity contribution in [2.45, 2.75) is 115 Å². The molecular weight excluding hydrogens is 444 g/mol. The zero-order valence-corrected chi connectivity index (χ0v) is 21.9. The summed E-state index contributed by atoms with van der Waals surface area (Å²) in [6.45, 7) is 5.54. The molecule has 1 aromatic rings. The van der Waals surface area contributed by atoms with E-state index in [4.69, 9.17) is 4.74 Å². The van der Waals surface area contributed by atoms with Gasteiger partial charge < -0.3 is 4.74 Å². The number of alkyl halides is 1. The highest BCUT2D eigenvalue weighted by Gasteiger charge is 2.26. The largest absolute Gasteiger partial charge is 0.493 e. The van der Waals surface area contributed by atoms with Gasteiger partial charge in [-0.05, 0) is 73.5 Å². The Morgan fingerprint density at radius 1 is 0.774 bits per heavy atom. The van der Waals surface area contributed by atoms with Gasteiger partial charge in [0.1, 0.15) is 5.75 Å². The Labute approximate surface area is 201 Å². The molecule has 1 atom stereocenters. The van der Waals surface area contributed by atoms with E-state index in [1.165, 1.54) is 95.5 Å². The molecule has 3 rings (SSSR count). The third-order valence-electron chi connectivity index (χ3n) is 8.12. The van der Waals surface area contributed by atoms with E-state index < -0.39 is 0 Å². The fourth-order valence-electron chi connectivity index (χ4n) is 5.94. The lowest BCUT2D eigenvalue weighted by Crippen LogP contribution is -2.23. The first kappa shape index (κ1) is 25.1. The van der Waals surface area contributed by atoms with Gasteiger partial charge >= 0.3 is 0 Å². The fourth-order valence-corrected chi connectivity index (χ4v) is 6.85. The van der Waals surface area contributed by atoms with Crippen LogP contribution in [0.2, 0.25) is 0 Å². The quantitative estimate of drug-likeness (QED) is 0.209. The highest BCUT2D eigenvalue weighted by Crippen LogP contribution is 2.37. The second-order valence-electron chi connectivity index (χ2n) is 10.6. The van der Waals surface area contributed by atoms with Crippen molar-refractivity contribution in [2.75, 3.05) is 6.61 Å². The van der Waals surface area contributed by atoms with E-state index in [0.29, 0.717) is 4.83 Å². The molecular formula is C29H47BrO. The average Bonchev–Trinajstić information content (AvgIpc) is 2.80. The summed E-state index contributed by atoms with van der Waals surface area (Å²) in [4.78, 5) is 0.620. The molecule has 0 N–H and O–H groups in total. The molecule has 0 amide bonds. The summed E-state index contributed by atoms with van der Waals surface area (Å²) in [5, 5.41) is 0. The molecule has 1 aromatic carbocycles. The van der Waals surface area contributed by atoms with Gasteiger partial charge in [0.05, 0.1) is 6.61 Å². The van der Waals surface area contributed by atoms with Crippen LogP contribution in [0.5, 0.6) is 5.75 Å². The molecule has 2 aliphatic rings. The third kappa shape index (κ3) is 8.75. The lowest BCUT2D eigenvalue weighted by atomic mass is 9.78. The molecule has 2 heteroatoms. The van der Waals surface area contributed by atoms with Crippen LogP contribution in [0.1, 0.15) is 109 Å². The molecule has 0 aromatic heterocycles. The summed E-state index contributed by atoms with van der Waals surface area (Å²) < 4.78 is 6.18. The van der Waals surface area contributed by atoms with Crippen LogP contribution in [0, 0.1) is 23.7 Å². The Morgan fingerprint density at radius 2 is 1.39 bits per heavy atom. The molecule has 0 radical (unpaired) electrons. The van der Waals surface area contributed by atoms with Crippen molar-refractivity contribution >= 4 is 15.9 Å². The van der Waals surface area contributed by atoms with Crippen molar-refractivity contribution in [3.05, 3.63) is 29.8 Å². The molecule has 1 nitrogen and oxygen atoms in total. The second kappa shape index (κ2) is 13.9. The van der Waals surface area contributed by atoms with E-state index in [9.17, 15) is 0 Å². The van der Waals surface area contributed by atoms with Crippen molar-refractivity contribution in [2.24, 2.45) is 23.7 Å². The van der Waals surface area contributed by atoms with E-state index in [-0.39, 0.29) is 0 Å².